The van der Waals surface area contributed by atoms with Crippen molar-refractivity contribution in [2.24, 2.45) is 0 Å². The molecule has 90 valence electrons. The van der Waals surface area contributed by atoms with Gasteiger partial charge in [0, 0.05) is 11.7 Å². The molecule has 0 aliphatic rings. The molecule has 0 aromatic heterocycles. The van der Waals surface area contributed by atoms with E-state index in [4.69, 9.17) is 5.73 Å². The fourth-order valence-corrected chi connectivity index (χ4v) is 1.75. The summed E-state index contributed by atoms with van der Waals surface area (Å²) in [5.41, 5.74) is 7.06. The van der Waals surface area contributed by atoms with E-state index in [-0.39, 0.29) is 6.04 Å². The zero-order valence-electron chi connectivity index (χ0n) is 10.6. The highest BCUT2D eigenvalue weighted by molar-refractivity contribution is 5.41. The van der Waals surface area contributed by atoms with Crippen LogP contribution < -0.4 is 5.73 Å². The molecule has 1 rings (SSSR count). The fraction of sp³-hybridized carbons (Fsp3) is 0.538. The van der Waals surface area contributed by atoms with E-state index >= 15 is 0 Å². The number of hydroxylamine groups is 2. The normalized spacial score (nSPS) is 14.1. The van der Waals surface area contributed by atoms with Crippen LogP contribution in [0.1, 0.15) is 39.7 Å². The largest absolute Gasteiger partial charge is 0.399 e. The molecule has 0 aliphatic carbocycles. The Kier molecular flexibility index (Phi) is 3.94. The van der Waals surface area contributed by atoms with Gasteiger partial charge < -0.3 is 10.9 Å². The topological polar surface area (TPSA) is 49.5 Å². The van der Waals surface area contributed by atoms with Gasteiger partial charge in [-0.1, -0.05) is 19.1 Å². The molecule has 0 bridgehead atoms. The highest BCUT2D eigenvalue weighted by atomic mass is 16.5. The molecule has 1 unspecified atom stereocenters. The third-order valence-corrected chi connectivity index (χ3v) is 3.20. The van der Waals surface area contributed by atoms with Crippen LogP contribution in [-0.4, -0.2) is 16.3 Å². The van der Waals surface area contributed by atoms with Gasteiger partial charge in [0.15, 0.2) is 0 Å². The SMILES string of the molecule is CCC(C)N(O)C(C)(C)c1ccc(N)cc1. The molecule has 3 heteroatoms. The number of rotatable bonds is 4. The predicted molar refractivity (Wildman–Crippen MR) is 67.3 cm³/mol. The Balaban J connectivity index is 2.96. The molecule has 0 saturated carbocycles. The smallest absolute Gasteiger partial charge is 0.0655 e. The quantitative estimate of drug-likeness (QED) is 0.608. The predicted octanol–water partition coefficient (Wildman–Crippen LogP) is 2.99. The van der Waals surface area contributed by atoms with Gasteiger partial charge in [0.2, 0.25) is 0 Å². The van der Waals surface area contributed by atoms with Gasteiger partial charge in [0.1, 0.15) is 0 Å². The lowest BCUT2D eigenvalue weighted by atomic mass is 9.92. The minimum atomic E-state index is -0.400. The first-order valence-corrected chi connectivity index (χ1v) is 5.73. The zero-order chi connectivity index (χ0) is 12.3. The molecule has 3 nitrogen and oxygen atoms in total. The van der Waals surface area contributed by atoms with Gasteiger partial charge in [-0.3, -0.25) is 0 Å². The standard InChI is InChI=1S/C13H22N2O/c1-5-10(2)15(16)13(3,4)11-6-8-12(14)9-7-11/h6-10,16H,5,14H2,1-4H3. The summed E-state index contributed by atoms with van der Waals surface area (Å²) in [5.74, 6) is 0. The Labute approximate surface area is 97.8 Å². The number of nitrogen functional groups attached to an aromatic ring is 1. The average molecular weight is 222 g/mol. The summed E-state index contributed by atoms with van der Waals surface area (Å²) in [5, 5.41) is 11.6. The fourth-order valence-electron chi connectivity index (χ4n) is 1.75. The maximum Gasteiger partial charge on any atom is 0.0655 e. The van der Waals surface area contributed by atoms with Crippen molar-refractivity contribution in [2.75, 3.05) is 5.73 Å². The average Bonchev–Trinajstić information content (AvgIpc) is 2.27. The Morgan fingerprint density at radius 3 is 2.25 bits per heavy atom. The number of hydrogen-bond donors (Lipinski definition) is 2. The van der Waals surface area contributed by atoms with Crippen molar-refractivity contribution in [3.63, 3.8) is 0 Å². The van der Waals surface area contributed by atoms with Crippen molar-refractivity contribution in [1.29, 1.82) is 0 Å². The van der Waals surface area contributed by atoms with Gasteiger partial charge in [-0.05, 0) is 44.9 Å². The molecule has 1 aromatic carbocycles. The second-order valence-electron chi connectivity index (χ2n) is 4.78. The first-order valence-electron chi connectivity index (χ1n) is 5.73. The third-order valence-electron chi connectivity index (χ3n) is 3.20. The number of hydrogen-bond acceptors (Lipinski definition) is 3. The van der Waals surface area contributed by atoms with Gasteiger partial charge in [0.05, 0.1) is 5.54 Å². The van der Waals surface area contributed by atoms with E-state index in [0.29, 0.717) is 0 Å². The maximum atomic E-state index is 10.2. The van der Waals surface area contributed by atoms with E-state index in [2.05, 4.69) is 6.92 Å². The summed E-state index contributed by atoms with van der Waals surface area (Å²) in [6.45, 7) is 8.08. The minimum Gasteiger partial charge on any atom is -0.399 e. The van der Waals surface area contributed by atoms with E-state index in [1.54, 1.807) is 0 Å². The number of nitrogens with two attached hydrogens (primary N) is 1. The Bertz CT molecular complexity index is 332. The summed E-state index contributed by atoms with van der Waals surface area (Å²) in [6, 6.07) is 7.78. The number of nitrogens with zero attached hydrogens (tertiary/aromatic N) is 1. The molecule has 0 heterocycles. The molecular weight excluding hydrogens is 200 g/mol. The maximum absolute atomic E-state index is 10.2. The lowest BCUT2D eigenvalue weighted by molar-refractivity contribution is -0.193. The summed E-state index contributed by atoms with van der Waals surface area (Å²) >= 11 is 0. The first kappa shape index (κ1) is 13.0. The number of anilines is 1. The summed E-state index contributed by atoms with van der Waals surface area (Å²) in [4.78, 5) is 0. The highest BCUT2D eigenvalue weighted by Crippen LogP contribution is 2.29. The molecule has 16 heavy (non-hydrogen) atoms. The van der Waals surface area contributed by atoms with E-state index in [1.807, 2.05) is 45.0 Å². The van der Waals surface area contributed by atoms with Crippen LogP contribution in [0.3, 0.4) is 0 Å². The molecular formula is C13H22N2O. The molecule has 0 radical (unpaired) electrons. The number of benzene rings is 1. The van der Waals surface area contributed by atoms with Crippen molar-refractivity contribution >= 4 is 5.69 Å². The van der Waals surface area contributed by atoms with Crippen LogP contribution in [0, 0.1) is 0 Å². The lowest BCUT2D eigenvalue weighted by Gasteiger charge is -2.37. The lowest BCUT2D eigenvalue weighted by Crippen LogP contribution is -2.44. The van der Waals surface area contributed by atoms with Gasteiger partial charge in [0.25, 0.3) is 0 Å². The van der Waals surface area contributed by atoms with Gasteiger partial charge in [-0.25, -0.2) is 0 Å². The Morgan fingerprint density at radius 2 is 1.81 bits per heavy atom. The van der Waals surface area contributed by atoms with Gasteiger partial charge in [-0.2, -0.15) is 5.06 Å². The zero-order valence-corrected chi connectivity index (χ0v) is 10.6. The monoisotopic (exact) mass is 222 g/mol. The van der Waals surface area contributed by atoms with Crippen LogP contribution in [0.4, 0.5) is 5.69 Å². The third kappa shape index (κ3) is 2.54. The molecule has 3 N–H and O–H groups in total. The first-order chi connectivity index (χ1) is 7.39. The van der Waals surface area contributed by atoms with Crippen molar-refractivity contribution in [1.82, 2.24) is 5.06 Å². The van der Waals surface area contributed by atoms with Crippen LogP contribution >= 0.6 is 0 Å². The van der Waals surface area contributed by atoms with Crippen molar-refractivity contribution < 1.29 is 5.21 Å². The minimum absolute atomic E-state index is 0.132. The second kappa shape index (κ2) is 4.85. The van der Waals surface area contributed by atoms with Gasteiger partial charge in [-0.15, -0.1) is 0 Å². The summed E-state index contributed by atoms with van der Waals surface area (Å²) in [7, 11) is 0. The second-order valence-corrected chi connectivity index (χ2v) is 4.78. The van der Waals surface area contributed by atoms with E-state index in [0.717, 1.165) is 17.7 Å². The van der Waals surface area contributed by atoms with Crippen molar-refractivity contribution in [3.05, 3.63) is 29.8 Å². The Morgan fingerprint density at radius 1 is 1.31 bits per heavy atom. The van der Waals surface area contributed by atoms with Crippen LogP contribution in [0.15, 0.2) is 24.3 Å². The van der Waals surface area contributed by atoms with Crippen molar-refractivity contribution in [3.8, 4) is 0 Å². The molecule has 0 spiro atoms. The summed E-state index contributed by atoms with van der Waals surface area (Å²) in [6.07, 6.45) is 0.912. The van der Waals surface area contributed by atoms with Crippen LogP contribution in [-0.2, 0) is 5.54 Å². The van der Waals surface area contributed by atoms with Crippen molar-refractivity contribution in [2.45, 2.75) is 45.7 Å². The van der Waals surface area contributed by atoms with E-state index in [9.17, 15) is 5.21 Å². The molecule has 0 aliphatic heterocycles. The van der Waals surface area contributed by atoms with Gasteiger partial charge >= 0.3 is 0 Å². The molecule has 1 aromatic rings. The van der Waals surface area contributed by atoms with Crippen LogP contribution in [0.2, 0.25) is 0 Å². The molecule has 0 saturated heterocycles. The highest BCUT2D eigenvalue weighted by Gasteiger charge is 2.30. The molecule has 1 atom stereocenters. The van der Waals surface area contributed by atoms with E-state index < -0.39 is 5.54 Å². The van der Waals surface area contributed by atoms with Crippen LogP contribution in [0.25, 0.3) is 0 Å². The molecule has 0 fully saturated rings. The molecule has 0 amide bonds. The van der Waals surface area contributed by atoms with Crippen LogP contribution in [0.5, 0.6) is 0 Å². The van der Waals surface area contributed by atoms with E-state index in [1.165, 1.54) is 5.06 Å². The Hall–Kier alpha value is -1.06. The summed E-state index contributed by atoms with van der Waals surface area (Å²) < 4.78 is 0.